The predicted octanol–water partition coefficient (Wildman–Crippen LogP) is 2.76. The van der Waals surface area contributed by atoms with E-state index >= 15 is 0 Å². The summed E-state index contributed by atoms with van der Waals surface area (Å²) in [5, 5.41) is 4.16. The average Bonchev–Trinajstić information content (AvgIpc) is 3.03. The molecule has 0 spiro atoms. The Morgan fingerprint density at radius 3 is 2.83 bits per heavy atom. The Morgan fingerprint density at radius 2 is 2.33 bits per heavy atom. The number of hydrogen-bond donors (Lipinski definition) is 1. The summed E-state index contributed by atoms with van der Waals surface area (Å²) in [5.41, 5.74) is 6.68. The van der Waals surface area contributed by atoms with Gasteiger partial charge in [0.1, 0.15) is 0 Å². The van der Waals surface area contributed by atoms with E-state index in [0.717, 1.165) is 25.7 Å². The molecule has 1 saturated carbocycles. The number of nitrogens with two attached hydrogens (primary N) is 1. The first-order chi connectivity index (χ1) is 8.54. The molecular weight excluding hydrogens is 244 g/mol. The van der Waals surface area contributed by atoms with E-state index in [1.54, 1.807) is 11.3 Å². The lowest BCUT2D eigenvalue weighted by molar-refractivity contribution is -0.138. The van der Waals surface area contributed by atoms with E-state index in [1.807, 2.05) is 11.8 Å². The van der Waals surface area contributed by atoms with E-state index in [9.17, 15) is 4.79 Å². The van der Waals surface area contributed by atoms with Crippen molar-refractivity contribution in [3.05, 3.63) is 22.4 Å². The van der Waals surface area contributed by atoms with Crippen LogP contribution >= 0.6 is 11.3 Å². The monoisotopic (exact) mass is 266 g/mol. The zero-order chi connectivity index (χ0) is 13.2. The van der Waals surface area contributed by atoms with Crippen molar-refractivity contribution in [2.75, 3.05) is 0 Å². The first kappa shape index (κ1) is 13.6. The van der Waals surface area contributed by atoms with Crippen molar-refractivity contribution in [1.82, 2.24) is 4.90 Å². The van der Waals surface area contributed by atoms with Crippen LogP contribution in [0.5, 0.6) is 0 Å². The molecule has 100 valence electrons. The number of hydrogen-bond acceptors (Lipinski definition) is 3. The minimum Gasteiger partial charge on any atom is -0.334 e. The summed E-state index contributed by atoms with van der Waals surface area (Å²) in [6, 6.07) is 2.50. The van der Waals surface area contributed by atoms with Gasteiger partial charge < -0.3 is 10.6 Å². The Kier molecular flexibility index (Phi) is 4.07. The number of thiophene rings is 1. The number of nitrogens with zero attached hydrogens (tertiary/aromatic N) is 1. The molecule has 0 radical (unpaired) electrons. The van der Waals surface area contributed by atoms with Gasteiger partial charge in [-0.25, -0.2) is 0 Å². The van der Waals surface area contributed by atoms with Gasteiger partial charge in [0.05, 0.1) is 5.54 Å². The zero-order valence-corrected chi connectivity index (χ0v) is 12.0. The molecule has 1 aromatic rings. The average molecular weight is 266 g/mol. The number of rotatable bonds is 6. The molecule has 0 bridgehead atoms. The topological polar surface area (TPSA) is 46.3 Å². The largest absolute Gasteiger partial charge is 0.334 e. The van der Waals surface area contributed by atoms with E-state index in [2.05, 4.69) is 23.8 Å². The summed E-state index contributed by atoms with van der Waals surface area (Å²) in [5.74, 6) is 0.109. The summed E-state index contributed by atoms with van der Waals surface area (Å²) in [6.07, 6.45) is 3.94. The third kappa shape index (κ3) is 3.12. The van der Waals surface area contributed by atoms with Gasteiger partial charge in [-0.05, 0) is 48.6 Å². The van der Waals surface area contributed by atoms with Gasteiger partial charge in [0.25, 0.3) is 0 Å². The second kappa shape index (κ2) is 5.41. The molecule has 1 atom stereocenters. The predicted molar refractivity (Wildman–Crippen MR) is 75.4 cm³/mol. The highest BCUT2D eigenvalue weighted by atomic mass is 32.1. The van der Waals surface area contributed by atoms with Crippen LogP contribution in [-0.4, -0.2) is 22.4 Å². The van der Waals surface area contributed by atoms with Crippen LogP contribution in [-0.2, 0) is 11.3 Å². The van der Waals surface area contributed by atoms with Crippen LogP contribution < -0.4 is 5.73 Å². The molecule has 0 saturated heterocycles. The van der Waals surface area contributed by atoms with Crippen LogP contribution in [0.2, 0.25) is 0 Å². The van der Waals surface area contributed by atoms with Crippen LogP contribution in [0.15, 0.2) is 16.8 Å². The molecular formula is C14H22N2OS. The number of carbonyl (C=O) groups is 1. The minimum absolute atomic E-state index is 0.109. The van der Waals surface area contributed by atoms with Crippen LogP contribution in [0.4, 0.5) is 0 Å². The lowest BCUT2D eigenvalue weighted by atomic mass is 9.95. The van der Waals surface area contributed by atoms with Gasteiger partial charge in [-0.2, -0.15) is 11.3 Å². The molecule has 4 heteroatoms. The van der Waals surface area contributed by atoms with Gasteiger partial charge in [-0.1, -0.05) is 13.3 Å². The lowest BCUT2D eigenvalue weighted by Crippen LogP contribution is -2.53. The molecule has 0 aliphatic heterocycles. The minimum atomic E-state index is -0.715. The lowest BCUT2D eigenvalue weighted by Gasteiger charge is -2.31. The number of carbonyl (C=O) groups excluding carboxylic acids is 1. The van der Waals surface area contributed by atoms with Crippen LogP contribution in [0.3, 0.4) is 0 Å². The Morgan fingerprint density at radius 1 is 1.61 bits per heavy atom. The summed E-state index contributed by atoms with van der Waals surface area (Å²) in [6.45, 7) is 4.64. The van der Waals surface area contributed by atoms with Crippen molar-refractivity contribution in [2.45, 2.75) is 57.7 Å². The zero-order valence-electron chi connectivity index (χ0n) is 11.2. The molecule has 1 unspecified atom stereocenters. The maximum Gasteiger partial charge on any atom is 0.242 e. The fourth-order valence-electron chi connectivity index (χ4n) is 2.29. The van der Waals surface area contributed by atoms with Gasteiger partial charge in [-0.15, -0.1) is 0 Å². The van der Waals surface area contributed by atoms with Crippen molar-refractivity contribution in [3.8, 4) is 0 Å². The van der Waals surface area contributed by atoms with Gasteiger partial charge in [0, 0.05) is 12.6 Å². The molecule has 1 aliphatic rings. The molecule has 3 nitrogen and oxygen atoms in total. The van der Waals surface area contributed by atoms with Crippen LogP contribution in [0.1, 0.15) is 45.1 Å². The third-order valence-electron chi connectivity index (χ3n) is 3.44. The fraction of sp³-hybridized carbons (Fsp3) is 0.643. The van der Waals surface area contributed by atoms with Gasteiger partial charge in [0.2, 0.25) is 5.91 Å². The fourth-order valence-corrected chi connectivity index (χ4v) is 2.95. The molecule has 1 heterocycles. The first-order valence-electron chi connectivity index (χ1n) is 6.65. The Balaban J connectivity index is 2.07. The van der Waals surface area contributed by atoms with E-state index in [0.29, 0.717) is 12.6 Å². The molecule has 2 rings (SSSR count). The molecule has 1 amide bonds. The highest BCUT2D eigenvalue weighted by Gasteiger charge is 2.39. The molecule has 0 aromatic carbocycles. The SMILES string of the molecule is CCCC(C)(N)C(=O)N(Cc1ccsc1)C1CC1. The molecule has 1 aliphatic carbocycles. The maximum atomic E-state index is 12.6. The Labute approximate surface area is 113 Å². The van der Waals surface area contributed by atoms with Crippen molar-refractivity contribution in [1.29, 1.82) is 0 Å². The second-order valence-corrected chi connectivity index (χ2v) is 6.24. The molecule has 2 N–H and O–H groups in total. The second-order valence-electron chi connectivity index (χ2n) is 5.46. The highest BCUT2D eigenvalue weighted by molar-refractivity contribution is 7.07. The highest BCUT2D eigenvalue weighted by Crippen LogP contribution is 2.31. The Hall–Kier alpha value is -0.870. The first-order valence-corrected chi connectivity index (χ1v) is 7.60. The van der Waals surface area contributed by atoms with Crippen molar-refractivity contribution < 1.29 is 4.79 Å². The smallest absolute Gasteiger partial charge is 0.242 e. The molecule has 1 fully saturated rings. The molecule has 18 heavy (non-hydrogen) atoms. The van der Waals surface area contributed by atoms with Crippen molar-refractivity contribution in [2.24, 2.45) is 5.73 Å². The quantitative estimate of drug-likeness (QED) is 0.860. The van der Waals surface area contributed by atoms with E-state index in [-0.39, 0.29) is 5.91 Å². The van der Waals surface area contributed by atoms with Gasteiger partial charge in [-0.3, -0.25) is 4.79 Å². The normalized spacial score (nSPS) is 18.4. The summed E-state index contributed by atoms with van der Waals surface area (Å²) < 4.78 is 0. The third-order valence-corrected chi connectivity index (χ3v) is 4.17. The Bertz CT molecular complexity index is 396. The summed E-state index contributed by atoms with van der Waals surface area (Å²) >= 11 is 1.67. The number of amides is 1. The summed E-state index contributed by atoms with van der Waals surface area (Å²) in [4.78, 5) is 14.6. The van der Waals surface area contributed by atoms with Crippen LogP contribution in [0, 0.1) is 0 Å². The maximum absolute atomic E-state index is 12.6. The van der Waals surface area contributed by atoms with E-state index in [1.165, 1.54) is 5.56 Å². The van der Waals surface area contributed by atoms with E-state index < -0.39 is 5.54 Å². The van der Waals surface area contributed by atoms with Gasteiger partial charge >= 0.3 is 0 Å². The van der Waals surface area contributed by atoms with Crippen LogP contribution in [0.25, 0.3) is 0 Å². The summed E-state index contributed by atoms with van der Waals surface area (Å²) in [7, 11) is 0. The van der Waals surface area contributed by atoms with Crippen molar-refractivity contribution in [3.63, 3.8) is 0 Å². The van der Waals surface area contributed by atoms with E-state index in [4.69, 9.17) is 5.73 Å². The molecule has 1 aromatic heterocycles. The standard InChI is InChI=1S/C14H22N2OS/c1-3-7-14(2,15)13(17)16(12-4-5-12)9-11-6-8-18-10-11/h6,8,10,12H,3-5,7,9,15H2,1-2H3. The van der Waals surface area contributed by atoms with Gasteiger partial charge in [0.15, 0.2) is 0 Å². The van der Waals surface area contributed by atoms with Crippen molar-refractivity contribution >= 4 is 17.2 Å².